The standard InChI is InChI=1S/C23H30N8O2/c1-23(2,3)27-22(33)15-31-18-8-19(31)13-29(12-18)14-21(32)26-20-6-7-30(28-20)11-17-5-4-16(9-24)10-25-17/h4-7,10,18-19H,8,11-15H2,1-3H3,(H,27,33)(H,26,28,32). The van der Waals surface area contributed by atoms with Crippen LogP contribution in [0.5, 0.6) is 0 Å². The maximum Gasteiger partial charge on any atom is 0.239 e. The summed E-state index contributed by atoms with van der Waals surface area (Å²) in [6.07, 6.45) is 4.39. The van der Waals surface area contributed by atoms with Gasteiger partial charge in [-0.15, -0.1) is 0 Å². The Bertz CT molecular complexity index is 1040. The first kappa shape index (κ1) is 22.9. The van der Waals surface area contributed by atoms with E-state index in [4.69, 9.17) is 5.26 Å². The third kappa shape index (κ3) is 5.94. The van der Waals surface area contributed by atoms with Crippen molar-refractivity contribution in [3.05, 3.63) is 41.9 Å². The zero-order valence-corrected chi connectivity index (χ0v) is 19.3. The Morgan fingerprint density at radius 1 is 1.15 bits per heavy atom. The van der Waals surface area contributed by atoms with Gasteiger partial charge >= 0.3 is 0 Å². The highest BCUT2D eigenvalue weighted by atomic mass is 16.2. The number of hydrogen-bond donors (Lipinski definition) is 2. The Morgan fingerprint density at radius 3 is 2.55 bits per heavy atom. The molecule has 3 aliphatic heterocycles. The molecule has 0 aromatic carbocycles. The molecule has 10 heteroatoms. The van der Waals surface area contributed by atoms with Gasteiger partial charge in [0.05, 0.1) is 30.9 Å². The van der Waals surface area contributed by atoms with Crippen LogP contribution in [0.15, 0.2) is 30.6 Å². The Balaban J connectivity index is 1.22. The minimum Gasteiger partial charge on any atom is -0.350 e. The molecule has 3 aliphatic rings. The lowest BCUT2D eigenvalue weighted by Gasteiger charge is -2.56. The summed E-state index contributed by atoms with van der Waals surface area (Å²) < 4.78 is 1.70. The maximum absolute atomic E-state index is 12.5. The van der Waals surface area contributed by atoms with Crippen molar-refractivity contribution in [2.45, 2.75) is 51.4 Å². The smallest absolute Gasteiger partial charge is 0.239 e. The van der Waals surface area contributed by atoms with Crippen molar-refractivity contribution in [2.24, 2.45) is 0 Å². The fourth-order valence-electron chi connectivity index (χ4n) is 4.44. The molecule has 2 amide bonds. The van der Waals surface area contributed by atoms with Crippen molar-refractivity contribution < 1.29 is 9.59 Å². The summed E-state index contributed by atoms with van der Waals surface area (Å²) >= 11 is 0. The Hall–Kier alpha value is -3.29. The van der Waals surface area contributed by atoms with Crippen molar-refractivity contribution in [1.29, 1.82) is 5.26 Å². The zero-order chi connectivity index (χ0) is 23.6. The number of rotatable bonds is 7. The number of nitrogens with zero attached hydrogens (tertiary/aromatic N) is 6. The predicted octanol–water partition coefficient (Wildman–Crippen LogP) is 0.810. The second-order valence-electron chi connectivity index (χ2n) is 9.80. The number of hydrogen-bond acceptors (Lipinski definition) is 7. The van der Waals surface area contributed by atoms with Crippen molar-refractivity contribution in [2.75, 3.05) is 31.5 Å². The molecule has 2 N–H and O–H groups in total. The van der Waals surface area contributed by atoms with Crippen LogP contribution in [-0.4, -0.2) is 80.2 Å². The molecular weight excluding hydrogens is 420 g/mol. The first-order chi connectivity index (χ1) is 15.7. The molecule has 5 heterocycles. The van der Waals surface area contributed by atoms with Crippen LogP contribution in [0, 0.1) is 11.3 Å². The molecule has 3 saturated heterocycles. The van der Waals surface area contributed by atoms with Crippen molar-refractivity contribution in [3.63, 3.8) is 0 Å². The number of anilines is 1. The number of aromatic nitrogens is 3. The number of amides is 2. The number of nitrogens with one attached hydrogen (secondary N) is 2. The zero-order valence-electron chi connectivity index (χ0n) is 19.3. The van der Waals surface area contributed by atoms with Crippen molar-refractivity contribution >= 4 is 17.6 Å². The normalized spacial score (nSPS) is 20.5. The monoisotopic (exact) mass is 450 g/mol. The van der Waals surface area contributed by atoms with Crippen LogP contribution in [0.1, 0.15) is 38.4 Å². The molecule has 3 fully saturated rings. The summed E-state index contributed by atoms with van der Waals surface area (Å²) in [5, 5.41) is 19.1. The molecule has 0 aliphatic carbocycles. The number of nitriles is 1. The van der Waals surface area contributed by atoms with E-state index in [2.05, 4.69) is 30.5 Å². The average Bonchev–Trinajstić information content (AvgIpc) is 3.17. The number of carbonyl (C=O) groups excluding carboxylic acids is 2. The van der Waals surface area contributed by atoms with E-state index in [9.17, 15) is 9.59 Å². The van der Waals surface area contributed by atoms with Crippen LogP contribution in [0.2, 0.25) is 0 Å². The topological polar surface area (TPSA) is 119 Å². The molecule has 2 unspecified atom stereocenters. The van der Waals surface area contributed by atoms with Crippen molar-refractivity contribution in [3.8, 4) is 6.07 Å². The highest BCUT2D eigenvalue weighted by Crippen LogP contribution is 2.31. The van der Waals surface area contributed by atoms with E-state index in [1.54, 1.807) is 29.1 Å². The van der Waals surface area contributed by atoms with E-state index in [0.29, 0.717) is 43.1 Å². The first-order valence-corrected chi connectivity index (χ1v) is 11.2. The van der Waals surface area contributed by atoms with Crippen molar-refractivity contribution in [1.82, 2.24) is 29.9 Å². The van der Waals surface area contributed by atoms with Crippen LogP contribution < -0.4 is 10.6 Å². The van der Waals surface area contributed by atoms with Gasteiger partial charge < -0.3 is 10.6 Å². The SMILES string of the molecule is CC(C)(C)NC(=O)CN1C2CC1CN(CC(=O)Nc1ccn(Cc3ccc(C#N)cn3)n1)C2. The number of piperazine rings is 1. The van der Waals surface area contributed by atoms with E-state index < -0.39 is 0 Å². The van der Waals surface area contributed by atoms with Gasteiger partial charge in [0.25, 0.3) is 0 Å². The quantitative estimate of drug-likeness (QED) is 0.641. The Morgan fingerprint density at radius 2 is 1.91 bits per heavy atom. The summed E-state index contributed by atoms with van der Waals surface area (Å²) in [6, 6.07) is 7.95. The predicted molar refractivity (Wildman–Crippen MR) is 122 cm³/mol. The summed E-state index contributed by atoms with van der Waals surface area (Å²) in [5.41, 5.74) is 1.06. The summed E-state index contributed by atoms with van der Waals surface area (Å²) in [7, 11) is 0. The molecular formula is C23H30N8O2. The molecule has 0 saturated carbocycles. The first-order valence-electron chi connectivity index (χ1n) is 11.2. The van der Waals surface area contributed by atoms with Gasteiger partial charge in [-0.25, -0.2) is 0 Å². The minimum atomic E-state index is -0.229. The van der Waals surface area contributed by atoms with Crippen LogP contribution >= 0.6 is 0 Å². The fraction of sp³-hybridized carbons (Fsp3) is 0.522. The van der Waals surface area contributed by atoms with E-state index in [1.807, 2.05) is 26.8 Å². The van der Waals surface area contributed by atoms with Gasteiger partial charge in [0.1, 0.15) is 6.07 Å². The molecule has 2 aromatic rings. The fourth-order valence-corrected chi connectivity index (χ4v) is 4.44. The maximum atomic E-state index is 12.5. The Labute approximate surface area is 193 Å². The van der Waals surface area contributed by atoms with E-state index in [-0.39, 0.29) is 17.4 Å². The van der Waals surface area contributed by atoms with Gasteiger partial charge in [0.2, 0.25) is 11.8 Å². The Kier molecular flexibility index (Phi) is 6.44. The van der Waals surface area contributed by atoms with Gasteiger partial charge in [-0.05, 0) is 39.3 Å². The van der Waals surface area contributed by atoms with Gasteiger partial charge in [0.15, 0.2) is 5.82 Å². The second kappa shape index (κ2) is 9.29. The number of piperidine rings is 1. The molecule has 174 valence electrons. The van der Waals surface area contributed by atoms with Crippen LogP contribution in [0.25, 0.3) is 0 Å². The second-order valence-corrected chi connectivity index (χ2v) is 9.80. The number of carbonyl (C=O) groups is 2. The van der Waals surface area contributed by atoms with Crippen LogP contribution in [0.4, 0.5) is 5.82 Å². The summed E-state index contributed by atoms with van der Waals surface area (Å²) in [5.74, 6) is 0.446. The molecule has 0 spiro atoms. The van der Waals surface area contributed by atoms with Gasteiger partial charge in [0, 0.05) is 49.2 Å². The van der Waals surface area contributed by atoms with Gasteiger partial charge in [-0.3, -0.25) is 29.1 Å². The lowest BCUT2D eigenvalue weighted by molar-refractivity contribution is -0.134. The molecule has 2 atom stereocenters. The molecule has 0 radical (unpaired) electrons. The molecule has 33 heavy (non-hydrogen) atoms. The van der Waals surface area contributed by atoms with Gasteiger partial charge in [-0.2, -0.15) is 10.4 Å². The summed E-state index contributed by atoms with van der Waals surface area (Å²) in [6.45, 7) is 8.68. The third-order valence-corrected chi connectivity index (χ3v) is 5.81. The molecule has 5 rings (SSSR count). The highest BCUT2D eigenvalue weighted by Gasteiger charge is 2.45. The van der Waals surface area contributed by atoms with E-state index in [0.717, 1.165) is 25.2 Å². The minimum absolute atomic E-state index is 0.0511. The number of pyridine rings is 1. The summed E-state index contributed by atoms with van der Waals surface area (Å²) in [4.78, 5) is 33.4. The largest absolute Gasteiger partial charge is 0.350 e. The number of fused-ring (bicyclic) bond motifs is 2. The molecule has 2 bridgehead atoms. The highest BCUT2D eigenvalue weighted by molar-refractivity contribution is 5.91. The molecule has 10 nitrogen and oxygen atoms in total. The average molecular weight is 451 g/mol. The lowest BCUT2D eigenvalue weighted by Crippen LogP contribution is -2.70. The molecule has 2 aromatic heterocycles. The third-order valence-electron chi connectivity index (χ3n) is 5.81. The van der Waals surface area contributed by atoms with Crippen LogP contribution in [0.3, 0.4) is 0 Å². The van der Waals surface area contributed by atoms with Crippen LogP contribution in [-0.2, 0) is 16.1 Å². The van der Waals surface area contributed by atoms with Gasteiger partial charge in [-0.1, -0.05) is 0 Å². The van der Waals surface area contributed by atoms with E-state index >= 15 is 0 Å². The van der Waals surface area contributed by atoms with E-state index in [1.165, 1.54) is 6.20 Å². The lowest BCUT2D eigenvalue weighted by atomic mass is 9.87.